The summed E-state index contributed by atoms with van der Waals surface area (Å²) in [6, 6.07) is 23.3. The van der Waals surface area contributed by atoms with E-state index < -0.39 is 0 Å². The van der Waals surface area contributed by atoms with Gasteiger partial charge in [-0.25, -0.2) is 10.4 Å². The minimum absolute atomic E-state index is 0.261. The minimum Gasteiger partial charge on any atom is -0.496 e. The Bertz CT molecular complexity index is 1280. The number of aromatic nitrogens is 2. The van der Waals surface area contributed by atoms with Gasteiger partial charge in [0.05, 0.1) is 18.4 Å². The molecule has 2 aromatic heterocycles. The fourth-order valence-corrected chi connectivity index (χ4v) is 4.48. The van der Waals surface area contributed by atoms with E-state index in [9.17, 15) is 4.79 Å². The third-order valence-electron chi connectivity index (χ3n) is 5.36. The molecule has 0 aliphatic heterocycles. The highest BCUT2D eigenvalue weighted by atomic mass is 32.2. The highest BCUT2D eigenvalue weighted by Gasteiger charge is 2.08. The van der Waals surface area contributed by atoms with E-state index in [1.165, 1.54) is 0 Å². The van der Waals surface area contributed by atoms with Crippen LogP contribution in [0.15, 0.2) is 89.1 Å². The zero-order chi connectivity index (χ0) is 23.9. The second kappa shape index (κ2) is 10.9. The van der Waals surface area contributed by atoms with E-state index in [1.807, 2.05) is 48.5 Å². The number of ether oxygens (including phenoxy) is 1. The second-order valence-corrected chi connectivity index (χ2v) is 8.72. The number of methoxy groups -OCH3 is 1. The van der Waals surface area contributed by atoms with Crippen LogP contribution in [-0.2, 0) is 5.75 Å². The Kier molecular flexibility index (Phi) is 7.44. The van der Waals surface area contributed by atoms with Crippen molar-refractivity contribution in [3.8, 4) is 11.4 Å². The summed E-state index contributed by atoms with van der Waals surface area (Å²) in [4.78, 5) is 16.9. The molecule has 0 saturated heterocycles. The Hall–Kier alpha value is -3.84. The first kappa shape index (κ1) is 23.3. The van der Waals surface area contributed by atoms with Crippen LogP contribution in [0.5, 0.6) is 5.75 Å². The number of aryl methyl sites for hydroxylation is 2. The lowest BCUT2D eigenvalue weighted by Gasteiger charge is -2.10. The summed E-state index contributed by atoms with van der Waals surface area (Å²) in [7, 11) is 1.66. The topological polar surface area (TPSA) is 68.5 Å². The number of benzene rings is 2. The van der Waals surface area contributed by atoms with E-state index >= 15 is 0 Å². The number of pyridine rings is 1. The zero-order valence-electron chi connectivity index (χ0n) is 19.4. The molecule has 6 nitrogen and oxygen atoms in total. The maximum atomic E-state index is 12.5. The Labute approximate surface area is 203 Å². The normalized spacial score (nSPS) is 11.0. The van der Waals surface area contributed by atoms with Crippen LogP contribution in [-0.4, -0.2) is 28.8 Å². The predicted octanol–water partition coefficient (Wildman–Crippen LogP) is 5.55. The number of amides is 1. The molecule has 4 aromatic rings. The van der Waals surface area contributed by atoms with Crippen LogP contribution >= 0.6 is 11.8 Å². The lowest BCUT2D eigenvalue weighted by Crippen LogP contribution is -2.17. The maximum Gasteiger partial charge on any atom is 0.271 e. The fourth-order valence-electron chi connectivity index (χ4n) is 3.64. The Balaban J connectivity index is 1.40. The molecule has 1 N–H and O–H groups in total. The van der Waals surface area contributed by atoms with E-state index in [-0.39, 0.29) is 5.91 Å². The molecule has 0 bridgehead atoms. The Morgan fingerprint density at radius 1 is 1.06 bits per heavy atom. The van der Waals surface area contributed by atoms with Gasteiger partial charge in [0.15, 0.2) is 0 Å². The molecule has 0 aliphatic carbocycles. The summed E-state index contributed by atoms with van der Waals surface area (Å²) in [6.07, 6.45) is 3.41. The molecule has 7 heteroatoms. The first-order chi connectivity index (χ1) is 16.5. The number of hydrogen-bond acceptors (Lipinski definition) is 5. The van der Waals surface area contributed by atoms with E-state index in [0.29, 0.717) is 11.3 Å². The highest BCUT2D eigenvalue weighted by molar-refractivity contribution is 7.98. The number of rotatable bonds is 8. The summed E-state index contributed by atoms with van der Waals surface area (Å²) >= 11 is 1.63. The maximum absolute atomic E-state index is 12.5. The molecule has 0 fully saturated rings. The van der Waals surface area contributed by atoms with Crippen LogP contribution in [0.4, 0.5) is 0 Å². The Morgan fingerprint density at radius 3 is 2.50 bits per heavy atom. The van der Waals surface area contributed by atoms with Gasteiger partial charge < -0.3 is 9.30 Å². The number of nitrogens with zero attached hydrogens (tertiary/aromatic N) is 3. The lowest BCUT2D eigenvalue weighted by molar-refractivity contribution is 0.0955. The third kappa shape index (κ3) is 5.55. The van der Waals surface area contributed by atoms with Crippen LogP contribution in [0.3, 0.4) is 0 Å². The van der Waals surface area contributed by atoms with Crippen molar-refractivity contribution in [3.05, 3.63) is 107 Å². The van der Waals surface area contributed by atoms with Gasteiger partial charge in [-0.3, -0.25) is 4.79 Å². The van der Waals surface area contributed by atoms with Crippen molar-refractivity contribution >= 4 is 23.9 Å². The molecule has 34 heavy (non-hydrogen) atoms. The van der Waals surface area contributed by atoms with E-state index in [4.69, 9.17) is 4.74 Å². The highest BCUT2D eigenvalue weighted by Crippen LogP contribution is 2.27. The largest absolute Gasteiger partial charge is 0.496 e. The zero-order valence-corrected chi connectivity index (χ0v) is 20.2. The van der Waals surface area contributed by atoms with E-state index in [2.05, 4.69) is 46.1 Å². The van der Waals surface area contributed by atoms with E-state index in [1.54, 1.807) is 43.4 Å². The van der Waals surface area contributed by atoms with Crippen LogP contribution < -0.4 is 10.2 Å². The molecular weight excluding hydrogens is 444 g/mol. The smallest absolute Gasteiger partial charge is 0.271 e. The standard InChI is InChI=1S/C27H26N4O2S/c1-19-7-8-20(2)31(19)24-12-10-22(11-13-24)27(32)30-29-17-21-9-14-25(33-3)23(16-21)18-34-26-6-4-5-15-28-26/h4-17H,18H2,1-3H3,(H,30,32)/b29-17+. The molecule has 2 aromatic carbocycles. The molecule has 0 spiro atoms. The SMILES string of the molecule is COc1ccc(/C=N/NC(=O)c2ccc(-n3c(C)ccc3C)cc2)cc1CSc1ccccn1. The van der Waals surface area contributed by atoms with Gasteiger partial charge in [-0.1, -0.05) is 6.07 Å². The molecule has 0 saturated carbocycles. The van der Waals surface area contributed by atoms with Crippen molar-refractivity contribution in [3.63, 3.8) is 0 Å². The van der Waals surface area contributed by atoms with Crippen molar-refractivity contribution < 1.29 is 9.53 Å². The first-order valence-corrected chi connectivity index (χ1v) is 11.8. The van der Waals surface area contributed by atoms with Crippen LogP contribution in [0.2, 0.25) is 0 Å². The summed E-state index contributed by atoms with van der Waals surface area (Å²) in [5.41, 5.74) is 8.37. The number of carbonyl (C=O) groups excluding carboxylic acids is 1. The summed E-state index contributed by atoms with van der Waals surface area (Å²) in [5, 5.41) is 5.09. The molecule has 0 aliphatic rings. The van der Waals surface area contributed by atoms with Gasteiger partial charge in [0.25, 0.3) is 5.91 Å². The Morgan fingerprint density at radius 2 is 1.82 bits per heavy atom. The third-order valence-corrected chi connectivity index (χ3v) is 6.35. The molecule has 0 radical (unpaired) electrons. The number of nitrogens with one attached hydrogen (secondary N) is 1. The number of hydrazone groups is 1. The van der Waals surface area contributed by atoms with Gasteiger partial charge in [-0.15, -0.1) is 11.8 Å². The van der Waals surface area contributed by atoms with Gasteiger partial charge >= 0.3 is 0 Å². The quantitative estimate of drug-likeness (QED) is 0.208. The molecule has 2 heterocycles. The fraction of sp³-hybridized carbons (Fsp3) is 0.148. The molecule has 0 atom stereocenters. The summed E-state index contributed by atoms with van der Waals surface area (Å²) in [5.74, 6) is 1.25. The molecule has 1 amide bonds. The van der Waals surface area contributed by atoms with Gasteiger partial charge in [-0.2, -0.15) is 5.10 Å². The van der Waals surface area contributed by atoms with Gasteiger partial charge in [0, 0.05) is 40.2 Å². The first-order valence-electron chi connectivity index (χ1n) is 10.8. The monoisotopic (exact) mass is 470 g/mol. The number of hydrogen-bond donors (Lipinski definition) is 1. The average molecular weight is 471 g/mol. The van der Waals surface area contributed by atoms with Crippen molar-refractivity contribution in [2.24, 2.45) is 5.10 Å². The van der Waals surface area contributed by atoms with Crippen molar-refractivity contribution in [1.29, 1.82) is 0 Å². The second-order valence-electron chi connectivity index (χ2n) is 7.73. The van der Waals surface area contributed by atoms with Gasteiger partial charge in [0.1, 0.15) is 5.75 Å². The summed E-state index contributed by atoms with van der Waals surface area (Å²) < 4.78 is 7.64. The van der Waals surface area contributed by atoms with E-state index in [0.717, 1.165) is 39.0 Å². The summed E-state index contributed by atoms with van der Waals surface area (Å²) in [6.45, 7) is 4.12. The predicted molar refractivity (Wildman–Crippen MR) is 137 cm³/mol. The van der Waals surface area contributed by atoms with Crippen molar-refractivity contribution in [1.82, 2.24) is 15.0 Å². The van der Waals surface area contributed by atoms with Gasteiger partial charge in [0.2, 0.25) is 0 Å². The molecule has 4 rings (SSSR count). The average Bonchev–Trinajstić information content (AvgIpc) is 3.21. The van der Waals surface area contributed by atoms with Crippen LogP contribution in [0.1, 0.15) is 32.9 Å². The minimum atomic E-state index is -0.261. The number of thioether (sulfide) groups is 1. The molecule has 172 valence electrons. The molecule has 0 unspecified atom stereocenters. The van der Waals surface area contributed by atoms with Crippen molar-refractivity contribution in [2.45, 2.75) is 24.6 Å². The van der Waals surface area contributed by atoms with Crippen LogP contribution in [0, 0.1) is 13.8 Å². The number of carbonyl (C=O) groups is 1. The van der Waals surface area contributed by atoms with Crippen LogP contribution in [0.25, 0.3) is 5.69 Å². The lowest BCUT2D eigenvalue weighted by atomic mass is 10.1. The molecular formula is C27H26N4O2S. The van der Waals surface area contributed by atoms with Gasteiger partial charge in [-0.05, 0) is 86.1 Å². The van der Waals surface area contributed by atoms with Crippen molar-refractivity contribution in [2.75, 3.05) is 7.11 Å².